The molecule has 2 aromatic carbocycles. The molecule has 8 nitrogen and oxygen atoms in total. The van der Waals surface area contributed by atoms with Crippen LogP contribution in [-0.4, -0.2) is 72.7 Å². The number of carbonyl (C=O) groups excluding carboxylic acids is 3. The molecule has 0 aromatic heterocycles. The summed E-state index contributed by atoms with van der Waals surface area (Å²) in [5.74, 6) is -0.554. The number of ether oxygens (including phenoxy) is 2. The van der Waals surface area contributed by atoms with Crippen molar-refractivity contribution in [3.05, 3.63) is 72.3 Å². The van der Waals surface area contributed by atoms with Gasteiger partial charge in [-0.15, -0.1) is 6.58 Å². The number of amides is 2. The van der Waals surface area contributed by atoms with Crippen molar-refractivity contribution in [1.29, 1.82) is 0 Å². The molecular weight excluding hydrogens is 518 g/mol. The van der Waals surface area contributed by atoms with Gasteiger partial charge in [0.25, 0.3) is 0 Å². The van der Waals surface area contributed by atoms with Gasteiger partial charge in [-0.05, 0) is 49.4 Å². The summed E-state index contributed by atoms with van der Waals surface area (Å²) in [5, 5.41) is 5.93. The standard InChI is InChI=1S/C33H43N3O5/c1-6-12-28(30(37)19-34-17-7-2)35-31(38)29-18-22(41-33(3,4)5)20-36(29)32(39)40-21-27-25-15-10-8-13-23(25)24-14-9-11-16-26(24)27/h7-11,13-16,22,27-29,34H,2,6,12,17-21H2,1,3-5H3,(H,35,38). The molecule has 41 heavy (non-hydrogen) atoms. The van der Waals surface area contributed by atoms with E-state index in [2.05, 4.69) is 41.5 Å². The lowest BCUT2D eigenvalue weighted by atomic mass is 9.98. The highest BCUT2D eigenvalue weighted by Gasteiger charge is 2.43. The summed E-state index contributed by atoms with van der Waals surface area (Å²) in [4.78, 5) is 41.4. The molecule has 4 rings (SSSR count). The van der Waals surface area contributed by atoms with Crippen molar-refractivity contribution in [1.82, 2.24) is 15.5 Å². The molecule has 0 radical (unpaired) electrons. The lowest BCUT2D eigenvalue weighted by molar-refractivity contribution is -0.130. The van der Waals surface area contributed by atoms with E-state index in [1.165, 1.54) is 4.90 Å². The summed E-state index contributed by atoms with van der Waals surface area (Å²) in [6.07, 6.45) is 2.36. The average Bonchev–Trinajstić information content (AvgIpc) is 3.50. The molecule has 1 saturated heterocycles. The summed E-state index contributed by atoms with van der Waals surface area (Å²) >= 11 is 0. The van der Waals surface area contributed by atoms with Gasteiger partial charge in [0, 0.05) is 18.9 Å². The zero-order chi connectivity index (χ0) is 29.6. The number of nitrogens with one attached hydrogen (secondary N) is 2. The van der Waals surface area contributed by atoms with Crippen molar-refractivity contribution in [2.24, 2.45) is 0 Å². The Bertz CT molecular complexity index is 1210. The predicted molar refractivity (Wildman–Crippen MR) is 160 cm³/mol. The largest absolute Gasteiger partial charge is 0.448 e. The third-order valence-corrected chi connectivity index (χ3v) is 7.53. The van der Waals surface area contributed by atoms with Crippen LogP contribution in [0.4, 0.5) is 4.79 Å². The van der Waals surface area contributed by atoms with Gasteiger partial charge in [0.1, 0.15) is 12.6 Å². The van der Waals surface area contributed by atoms with Gasteiger partial charge in [0.2, 0.25) is 5.91 Å². The van der Waals surface area contributed by atoms with Crippen molar-refractivity contribution >= 4 is 17.8 Å². The minimum atomic E-state index is -0.800. The first kappa shape index (κ1) is 30.5. The van der Waals surface area contributed by atoms with Crippen LogP contribution in [0.1, 0.15) is 64.0 Å². The normalized spacial score (nSPS) is 18.9. The van der Waals surface area contributed by atoms with Crippen molar-refractivity contribution in [3.8, 4) is 11.1 Å². The molecular formula is C33H43N3O5. The number of fused-ring (bicyclic) bond motifs is 3. The highest BCUT2D eigenvalue weighted by molar-refractivity contribution is 5.93. The number of hydrogen-bond acceptors (Lipinski definition) is 6. The zero-order valence-electron chi connectivity index (χ0n) is 24.7. The number of Topliss-reactive ketones (excluding diaryl/α,β-unsaturated/α-hetero) is 1. The first-order valence-corrected chi connectivity index (χ1v) is 14.6. The van der Waals surface area contributed by atoms with E-state index in [9.17, 15) is 14.4 Å². The molecule has 8 heteroatoms. The number of nitrogens with zero attached hydrogens (tertiary/aromatic N) is 1. The molecule has 0 saturated carbocycles. The summed E-state index contributed by atoms with van der Waals surface area (Å²) < 4.78 is 12.1. The van der Waals surface area contributed by atoms with Gasteiger partial charge < -0.3 is 20.1 Å². The van der Waals surface area contributed by atoms with Crippen LogP contribution in [0.5, 0.6) is 0 Å². The highest BCUT2D eigenvalue weighted by atomic mass is 16.6. The van der Waals surface area contributed by atoms with Crippen LogP contribution in [-0.2, 0) is 19.1 Å². The van der Waals surface area contributed by atoms with Crippen LogP contribution >= 0.6 is 0 Å². The third kappa shape index (κ3) is 7.43. The Morgan fingerprint density at radius 3 is 2.29 bits per heavy atom. The second-order valence-corrected chi connectivity index (χ2v) is 11.8. The van der Waals surface area contributed by atoms with E-state index in [0.29, 0.717) is 19.4 Å². The number of benzene rings is 2. The monoisotopic (exact) mass is 561 g/mol. The maximum Gasteiger partial charge on any atom is 0.410 e. The van der Waals surface area contributed by atoms with E-state index in [-0.39, 0.29) is 43.4 Å². The van der Waals surface area contributed by atoms with Crippen molar-refractivity contribution in [2.75, 3.05) is 26.2 Å². The molecule has 1 heterocycles. The first-order chi connectivity index (χ1) is 19.6. The fraction of sp³-hybridized carbons (Fsp3) is 0.485. The van der Waals surface area contributed by atoms with E-state index in [1.807, 2.05) is 52.0 Å². The van der Waals surface area contributed by atoms with E-state index < -0.39 is 23.8 Å². The Hall–Kier alpha value is -3.49. The molecule has 1 aliphatic carbocycles. The predicted octanol–water partition coefficient (Wildman–Crippen LogP) is 4.82. The second-order valence-electron chi connectivity index (χ2n) is 11.8. The fourth-order valence-electron chi connectivity index (χ4n) is 5.80. The van der Waals surface area contributed by atoms with Crippen LogP contribution in [0.2, 0.25) is 0 Å². The lowest BCUT2D eigenvalue weighted by Gasteiger charge is -2.26. The van der Waals surface area contributed by atoms with Gasteiger partial charge >= 0.3 is 6.09 Å². The summed E-state index contributed by atoms with van der Waals surface area (Å²) in [7, 11) is 0. The van der Waals surface area contributed by atoms with Crippen LogP contribution in [0.3, 0.4) is 0 Å². The molecule has 3 unspecified atom stereocenters. The van der Waals surface area contributed by atoms with Gasteiger partial charge in [-0.3, -0.25) is 14.5 Å². The maximum absolute atomic E-state index is 13.6. The maximum atomic E-state index is 13.6. The molecule has 1 fully saturated rings. The molecule has 2 aromatic rings. The van der Waals surface area contributed by atoms with Gasteiger partial charge in [-0.25, -0.2) is 4.79 Å². The molecule has 1 aliphatic heterocycles. The van der Waals surface area contributed by atoms with Crippen LogP contribution in [0, 0.1) is 0 Å². The molecule has 2 N–H and O–H groups in total. The van der Waals surface area contributed by atoms with Crippen molar-refractivity contribution in [2.45, 2.75) is 76.7 Å². The van der Waals surface area contributed by atoms with E-state index in [4.69, 9.17) is 9.47 Å². The summed E-state index contributed by atoms with van der Waals surface area (Å²) in [6, 6.07) is 14.9. The van der Waals surface area contributed by atoms with Crippen LogP contribution < -0.4 is 10.6 Å². The Kier molecular flexibility index (Phi) is 9.99. The van der Waals surface area contributed by atoms with Crippen molar-refractivity contribution in [3.63, 3.8) is 0 Å². The van der Waals surface area contributed by atoms with Crippen LogP contribution in [0.15, 0.2) is 61.2 Å². The van der Waals surface area contributed by atoms with Gasteiger partial charge in [-0.1, -0.05) is 68.0 Å². The molecule has 0 spiro atoms. The first-order valence-electron chi connectivity index (χ1n) is 14.6. The van der Waals surface area contributed by atoms with Gasteiger partial charge in [0.05, 0.1) is 30.8 Å². The number of likely N-dealkylation sites (tertiary alicyclic amines) is 1. The quantitative estimate of drug-likeness (QED) is 0.285. The Labute approximate surface area is 243 Å². The molecule has 220 valence electrons. The number of hydrogen-bond donors (Lipinski definition) is 2. The number of carbonyl (C=O) groups is 3. The number of ketones is 1. The Balaban J connectivity index is 1.48. The molecule has 2 amide bonds. The molecule has 0 bridgehead atoms. The van der Waals surface area contributed by atoms with Crippen LogP contribution in [0.25, 0.3) is 11.1 Å². The zero-order valence-corrected chi connectivity index (χ0v) is 24.7. The van der Waals surface area contributed by atoms with Crippen molar-refractivity contribution < 1.29 is 23.9 Å². The highest BCUT2D eigenvalue weighted by Crippen LogP contribution is 2.44. The second kappa shape index (κ2) is 13.4. The topological polar surface area (TPSA) is 97.0 Å². The van der Waals surface area contributed by atoms with Gasteiger partial charge in [-0.2, -0.15) is 0 Å². The summed E-state index contributed by atoms with van der Waals surface area (Å²) in [6.45, 7) is 12.5. The average molecular weight is 562 g/mol. The minimum absolute atomic E-state index is 0.0857. The Morgan fingerprint density at radius 1 is 1.07 bits per heavy atom. The minimum Gasteiger partial charge on any atom is -0.448 e. The van der Waals surface area contributed by atoms with E-state index >= 15 is 0 Å². The molecule has 2 aliphatic rings. The smallest absolute Gasteiger partial charge is 0.410 e. The van der Waals surface area contributed by atoms with E-state index in [0.717, 1.165) is 28.7 Å². The Morgan fingerprint density at radius 2 is 1.71 bits per heavy atom. The number of rotatable bonds is 12. The SMILES string of the molecule is C=CCNCC(=O)C(CCC)NC(=O)C1CC(OC(C)(C)C)CN1C(=O)OCC1c2ccccc2-c2ccccc21. The van der Waals surface area contributed by atoms with E-state index in [1.54, 1.807) is 6.08 Å². The summed E-state index contributed by atoms with van der Waals surface area (Å²) in [5.41, 5.74) is 4.10. The lowest BCUT2D eigenvalue weighted by Crippen LogP contribution is -2.52. The fourth-order valence-corrected chi connectivity index (χ4v) is 5.80. The third-order valence-electron chi connectivity index (χ3n) is 7.53. The van der Waals surface area contributed by atoms with Gasteiger partial charge in [0.15, 0.2) is 5.78 Å². The molecule has 3 atom stereocenters.